The van der Waals surface area contributed by atoms with Crippen LogP contribution in [0.15, 0.2) is 41.3 Å². The molecule has 29 heavy (non-hydrogen) atoms. The molecule has 1 aliphatic heterocycles. The largest absolute Gasteiger partial charge is 0.495 e. The summed E-state index contributed by atoms with van der Waals surface area (Å²) < 4.78 is 32.4. The number of rotatable bonds is 5. The monoisotopic (exact) mass is 476 g/mol. The van der Waals surface area contributed by atoms with Crippen molar-refractivity contribution in [3.63, 3.8) is 0 Å². The Balaban J connectivity index is 1.75. The number of amides is 1. The molecule has 0 bridgehead atoms. The van der Waals surface area contributed by atoms with Gasteiger partial charge in [-0.15, -0.1) is 0 Å². The second kappa shape index (κ2) is 9.10. The predicted octanol–water partition coefficient (Wildman–Crippen LogP) is 4.69. The van der Waals surface area contributed by atoms with Crippen LogP contribution in [-0.2, 0) is 14.8 Å². The summed E-state index contributed by atoms with van der Waals surface area (Å²) in [5, 5.41) is 3.77. The standard InChI is InChI=1S/C19H19Cl3N2O4S/c1-28-18-5-4-16(10-17(18)22)29(26,27)24-6-2-3-12(11-24)19(25)23-15-8-13(20)7-14(21)9-15/h4-5,7-10,12H,2-3,6,11H2,1H3,(H,23,25)/t12-/m0/s1. The molecule has 0 unspecified atom stereocenters. The van der Waals surface area contributed by atoms with Gasteiger partial charge in [-0.05, 0) is 49.2 Å². The van der Waals surface area contributed by atoms with E-state index in [9.17, 15) is 13.2 Å². The zero-order valence-corrected chi connectivity index (χ0v) is 18.6. The topological polar surface area (TPSA) is 75.7 Å². The van der Waals surface area contributed by atoms with Crippen molar-refractivity contribution in [2.24, 2.45) is 5.92 Å². The molecule has 1 amide bonds. The number of ether oxygens (including phenoxy) is 1. The average Bonchev–Trinajstić information content (AvgIpc) is 2.67. The molecule has 0 radical (unpaired) electrons. The molecule has 0 aromatic heterocycles. The second-order valence-electron chi connectivity index (χ2n) is 6.65. The van der Waals surface area contributed by atoms with Gasteiger partial charge < -0.3 is 10.1 Å². The van der Waals surface area contributed by atoms with Crippen molar-refractivity contribution in [2.75, 3.05) is 25.5 Å². The Bertz CT molecular complexity index is 1010. The fourth-order valence-corrected chi connectivity index (χ4v) is 5.60. The highest BCUT2D eigenvalue weighted by Crippen LogP contribution is 2.31. The number of carbonyl (C=O) groups is 1. The Morgan fingerprint density at radius 3 is 2.45 bits per heavy atom. The van der Waals surface area contributed by atoms with Gasteiger partial charge in [-0.1, -0.05) is 34.8 Å². The molecular formula is C19H19Cl3N2O4S. The van der Waals surface area contributed by atoms with Crippen molar-refractivity contribution in [2.45, 2.75) is 17.7 Å². The first kappa shape index (κ1) is 22.2. The van der Waals surface area contributed by atoms with E-state index in [0.717, 1.165) is 0 Å². The third-order valence-corrected chi connectivity index (χ3v) is 7.24. The van der Waals surface area contributed by atoms with E-state index in [1.807, 2.05) is 0 Å². The number of hydrogen-bond acceptors (Lipinski definition) is 4. The first-order valence-corrected chi connectivity index (χ1v) is 11.4. The molecule has 1 heterocycles. The summed E-state index contributed by atoms with van der Waals surface area (Å²) in [6.07, 6.45) is 1.15. The summed E-state index contributed by atoms with van der Waals surface area (Å²) in [5.74, 6) is -0.386. The zero-order chi connectivity index (χ0) is 21.2. The van der Waals surface area contributed by atoms with Gasteiger partial charge in [0, 0.05) is 28.8 Å². The molecule has 3 rings (SSSR count). The lowest BCUT2D eigenvalue weighted by Crippen LogP contribution is -2.43. The van der Waals surface area contributed by atoms with Gasteiger partial charge in [-0.25, -0.2) is 8.42 Å². The molecule has 1 atom stereocenters. The Kier molecular flexibility index (Phi) is 6.96. The van der Waals surface area contributed by atoms with E-state index in [0.29, 0.717) is 40.9 Å². The molecule has 156 valence electrons. The molecule has 10 heteroatoms. The molecule has 1 saturated heterocycles. The maximum Gasteiger partial charge on any atom is 0.243 e. The highest BCUT2D eigenvalue weighted by atomic mass is 35.5. The van der Waals surface area contributed by atoms with Crippen LogP contribution in [0, 0.1) is 5.92 Å². The van der Waals surface area contributed by atoms with E-state index >= 15 is 0 Å². The number of carbonyl (C=O) groups excluding carboxylic acids is 1. The van der Waals surface area contributed by atoms with Crippen molar-refractivity contribution < 1.29 is 17.9 Å². The molecule has 0 saturated carbocycles. The smallest absolute Gasteiger partial charge is 0.243 e. The summed E-state index contributed by atoms with van der Waals surface area (Å²) in [6.45, 7) is 0.408. The number of halogens is 3. The van der Waals surface area contributed by atoms with Gasteiger partial charge in [0.1, 0.15) is 5.75 Å². The lowest BCUT2D eigenvalue weighted by atomic mass is 9.99. The molecule has 1 fully saturated rings. The summed E-state index contributed by atoms with van der Waals surface area (Å²) >= 11 is 18.0. The molecule has 1 N–H and O–H groups in total. The number of nitrogens with one attached hydrogen (secondary N) is 1. The number of nitrogens with zero attached hydrogens (tertiary/aromatic N) is 1. The Morgan fingerprint density at radius 1 is 1.14 bits per heavy atom. The van der Waals surface area contributed by atoms with E-state index < -0.39 is 15.9 Å². The molecule has 2 aromatic carbocycles. The Morgan fingerprint density at radius 2 is 1.83 bits per heavy atom. The van der Waals surface area contributed by atoms with E-state index in [1.54, 1.807) is 18.2 Å². The third kappa shape index (κ3) is 5.16. The van der Waals surface area contributed by atoms with Crippen molar-refractivity contribution in [3.05, 3.63) is 51.5 Å². The molecule has 1 aliphatic rings. The van der Waals surface area contributed by atoms with E-state index in [2.05, 4.69) is 5.32 Å². The molecule has 0 spiro atoms. The zero-order valence-electron chi connectivity index (χ0n) is 15.5. The van der Waals surface area contributed by atoms with Crippen LogP contribution in [0.2, 0.25) is 15.1 Å². The number of sulfonamides is 1. The summed E-state index contributed by atoms with van der Waals surface area (Å²) in [4.78, 5) is 12.7. The predicted molar refractivity (Wildman–Crippen MR) is 115 cm³/mol. The van der Waals surface area contributed by atoms with Gasteiger partial charge in [0.25, 0.3) is 0 Å². The lowest BCUT2D eigenvalue weighted by Gasteiger charge is -2.31. The van der Waals surface area contributed by atoms with Crippen molar-refractivity contribution in [1.29, 1.82) is 0 Å². The average molecular weight is 478 g/mol. The number of methoxy groups -OCH3 is 1. The fourth-order valence-electron chi connectivity index (χ4n) is 3.20. The molecular weight excluding hydrogens is 459 g/mol. The van der Waals surface area contributed by atoms with Crippen LogP contribution in [0.5, 0.6) is 5.75 Å². The minimum absolute atomic E-state index is 0.0611. The van der Waals surface area contributed by atoms with Crippen molar-refractivity contribution in [1.82, 2.24) is 4.31 Å². The van der Waals surface area contributed by atoms with Crippen LogP contribution in [0.4, 0.5) is 5.69 Å². The lowest BCUT2D eigenvalue weighted by molar-refractivity contribution is -0.120. The summed E-state index contributed by atoms with van der Waals surface area (Å²) in [5.41, 5.74) is 0.467. The molecule has 2 aromatic rings. The normalized spacial score (nSPS) is 17.7. The quantitative estimate of drug-likeness (QED) is 0.677. The number of hydrogen-bond donors (Lipinski definition) is 1. The maximum absolute atomic E-state index is 13.0. The van der Waals surface area contributed by atoms with Crippen LogP contribution in [0.25, 0.3) is 0 Å². The fraction of sp³-hybridized carbons (Fsp3) is 0.316. The van der Waals surface area contributed by atoms with Gasteiger partial charge in [-0.2, -0.15) is 4.31 Å². The van der Waals surface area contributed by atoms with Crippen LogP contribution in [0.3, 0.4) is 0 Å². The van der Waals surface area contributed by atoms with E-state index in [-0.39, 0.29) is 22.4 Å². The van der Waals surface area contributed by atoms with Gasteiger partial charge >= 0.3 is 0 Å². The van der Waals surface area contributed by atoms with Crippen LogP contribution in [-0.4, -0.2) is 38.8 Å². The summed E-state index contributed by atoms with van der Waals surface area (Å²) in [7, 11) is -2.34. The van der Waals surface area contributed by atoms with E-state index in [1.165, 1.54) is 29.6 Å². The summed E-state index contributed by atoms with van der Waals surface area (Å²) in [6, 6.07) is 9.04. The first-order chi connectivity index (χ1) is 13.7. The maximum atomic E-state index is 13.0. The van der Waals surface area contributed by atoms with Gasteiger partial charge in [-0.3, -0.25) is 4.79 Å². The highest BCUT2D eigenvalue weighted by Gasteiger charge is 2.33. The van der Waals surface area contributed by atoms with Gasteiger partial charge in [0.15, 0.2) is 0 Å². The Hall–Kier alpha value is -1.51. The van der Waals surface area contributed by atoms with Gasteiger partial charge in [0.2, 0.25) is 15.9 Å². The van der Waals surface area contributed by atoms with Gasteiger partial charge in [0.05, 0.1) is 22.9 Å². The minimum Gasteiger partial charge on any atom is -0.495 e. The van der Waals surface area contributed by atoms with Crippen LogP contribution < -0.4 is 10.1 Å². The van der Waals surface area contributed by atoms with Crippen molar-refractivity contribution in [3.8, 4) is 5.75 Å². The van der Waals surface area contributed by atoms with Crippen LogP contribution >= 0.6 is 34.8 Å². The molecule has 6 nitrogen and oxygen atoms in total. The molecule has 0 aliphatic carbocycles. The van der Waals surface area contributed by atoms with E-state index in [4.69, 9.17) is 39.5 Å². The van der Waals surface area contributed by atoms with Crippen molar-refractivity contribution >= 4 is 56.4 Å². The number of piperidine rings is 1. The Labute approximate surface area is 184 Å². The van der Waals surface area contributed by atoms with Crippen LogP contribution in [0.1, 0.15) is 12.8 Å². The number of benzene rings is 2. The number of anilines is 1. The highest BCUT2D eigenvalue weighted by molar-refractivity contribution is 7.89. The SMILES string of the molecule is COc1ccc(S(=O)(=O)N2CCC[C@H](C(=O)Nc3cc(Cl)cc(Cl)c3)C2)cc1Cl. The second-order valence-corrected chi connectivity index (χ2v) is 9.86. The minimum atomic E-state index is -3.79. The first-order valence-electron chi connectivity index (χ1n) is 8.81. The third-order valence-electron chi connectivity index (χ3n) is 4.65.